The zero-order chi connectivity index (χ0) is 22.0. The van der Waals surface area contributed by atoms with E-state index >= 15 is 0 Å². The van der Waals surface area contributed by atoms with E-state index in [0.29, 0.717) is 5.92 Å². The molecule has 7 heteroatoms. The van der Waals surface area contributed by atoms with Crippen molar-refractivity contribution in [1.29, 1.82) is 0 Å². The van der Waals surface area contributed by atoms with E-state index in [2.05, 4.69) is 34.7 Å². The number of carbonyl (C=O) groups excluding carboxylic acids is 1. The molecule has 1 aromatic rings. The molecule has 1 aromatic carbocycles. The molecule has 1 aliphatic heterocycles. The maximum atomic E-state index is 11.8. The third kappa shape index (κ3) is 9.03. The molecule has 1 heterocycles. The van der Waals surface area contributed by atoms with Crippen molar-refractivity contribution in [3.63, 3.8) is 0 Å². The fourth-order valence-corrected chi connectivity index (χ4v) is 3.41. The molecule has 1 atom stereocenters. The van der Waals surface area contributed by atoms with E-state index in [4.69, 9.17) is 9.73 Å². The fraction of sp³-hybridized carbons (Fsp3) is 0.652. The third-order valence-corrected chi connectivity index (χ3v) is 4.97. The van der Waals surface area contributed by atoms with Gasteiger partial charge in [0.1, 0.15) is 5.60 Å². The van der Waals surface area contributed by atoms with Crippen LogP contribution >= 0.6 is 0 Å². The molecule has 1 saturated heterocycles. The van der Waals surface area contributed by atoms with Crippen LogP contribution < -0.4 is 16.0 Å². The van der Waals surface area contributed by atoms with Crippen LogP contribution in [-0.2, 0) is 11.2 Å². The molecule has 2 rings (SSSR count). The number of likely N-dealkylation sites (tertiary alicyclic amines) is 1. The summed E-state index contributed by atoms with van der Waals surface area (Å²) in [5, 5.41) is 9.52. The van der Waals surface area contributed by atoms with Gasteiger partial charge in [0.15, 0.2) is 5.96 Å². The number of rotatable bonds is 8. The van der Waals surface area contributed by atoms with Gasteiger partial charge in [-0.2, -0.15) is 0 Å². The van der Waals surface area contributed by atoms with Crippen LogP contribution in [0.3, 0.4) is 0 Å². The first kappa shape index (κ1) is 24.0. The number of aliphatic imine (C=N–C) groups is 1. The first-order valence-electron chi connectivity index (χ1n) is 11.1. The molecular weight excluding hydrogens is 378 g/mol. The first-order chi connectivity index (χ1) is 14.3. The Morgan fingerprint density at radius 1 is 1.20 bits per heavy atom. The lowest BCUT2D eigenvalue weighted by Gasteiger charge is -2.19. The van der Waals surface area contributed by atoms with Gasteiger partial charge in [-0.15, -0.1) is 0 Å². The highest BCUT2D eigenvalue weighted by atomic mass is 16.6. The Hall–Kier alpha value is -2.28. The van der Waals surface area contributed by atoms with Gasteiger partial charge in [-0.3, -0.25) is 10.3 Å². The molecule has 1 amide bonds. The number of hydrogen-bond donors (Lipinski definition) is 3. The van der Waals surface area contributed by atoms with Crippen molar-refractivity contribution >= 4 is 17.7 Å². The summed E-state index contributed by atoms with van der Waals surface area (Å²) in [6.07, 6.45) is 1.68. The molecule has 168 valence electrons. The van der Waals surface area contributed by atoms with Crippen LogP contribution in [0.15, 0.2) is 29.3 Å². The van der Waals surface area contributed by atoms with Crippen LogP contribution in [0.1, 0.15) is 46.6 Å². The smallest absolute Gasteiger partial charge is 0.412 e. The van der Waals surface area contributed by atoms with Crippen LogP contribution in [-0.4, -0.2) is 61.8 Å². The largest absolute Gasteiger partial charge is 0.444 e. The minimum absolute atomic E-state index is 0.437. The average molecular weight is 418 g/mol. The van der Waals surface area contributed by atoms with Gasteiger partial charge in [0.05, 0.1) is 0 Å². The highest BCUT2D eigenvalue weighted by Gasteiger charge is 2.20. The second-order valence-electron chi connectivity index (χ2n) is 8.77. The molecule has 7 nitrogen and oxygen atoms in total. The predicted octanol–water partition coefficient (Wildman–Crippen LogP) is 3.47. The van der Waals surface area contributed by atoms with Crippen LogP contribution in [0.5, 0.6) is 0 Å². The summed E-state index contributed by atoms with van der Waals surface area (Å²) < 4.78 is 5.28. The molecule has 0 spiro atoms. The summed E-state index contributed by atoms with van der Waals surface area (Å²) in [4.78, 5) is 19.1. The zero-order valence-corrected chi connectivity index (χ0v) is 19.3. The molecule has 0 bridgehead atoms. The molecule has 1 unspecified atom stereocenters. The Kier molecular flexibility index (Phi) is 9.43. The van der Waals surface area contributed by atoms with Crippen molar-refractivity contribution in [2.45, 2.75) is 53.1 Å². The molecule has 0 radical (unpaired) electrons. The second kappa shape index (κ2) is 11.8. The lowest BCUT2D eigenvalue weighted by molar-refractivity contribution is 0.0636. The van der Waals surface area contributed by atoms with Crippen molar-refractivity contribution in [3.05, 3.63) is 29.8 Å². The third-order valence-electron chi connectivity index (χ3n) is 4.97. The summed E-state index contributed by atoms with van der Waals surface area (Å²) in [7, 11) is 0. The molecular formula is C23H39N5O2. The number of nitrogens with zero attached hydrogens (tertiary/aromatic N) is 2. The van der Waals surface area contributed by atoms with Crippen molar-refractivity contribution < 1.29 is 9.53 Å². The van der Waals surface area contributed by atoms with Crippen molar-refractivity contribution in [2.24, 2.45) is 10.9 Å². The molecule has 1 fully saturated rings. The maximum Gasteiger partial charge on any atom is 0.412 e. The van der Waals surface area contributed by atoms with E-state index in [-0.39, 0.29) is 0 Å². The summed E-state index contributed by atoms with van der Waals surface area (Å²) in [6, 6.07) is 7.85. The Bertz CT molecular complexity index is 682. The van der Waals surface area contributed by atoms with Crippen molar-refractivity contribution in [2.75, 3.05) is 44.6 Å². The molecule has 1 aliphatic rings. The molecule has 0 aromatic heterocycles. The summed E-state index contributed by atoms with van der Waals surface area (Å²) in [5.41, 5.74) is 1.42. The molecule has 3 N–H and O–H groups in total. The fourth-order valence-electron chi connectivity index (χ4n) is 3.41. The van der Waals surface area contributed by atoms with Gasteiger partial charge in [-0.25, -0.2) is 4.79 Å². The van der Waals surface area contributed by atoms with Crippen LogP contribution in [0.25, 0.3) is 0 Å². The van der Waals surface area contributed by atoms with Crippen molar-refractivity contribution in [3.8, 4) is 0 Å². The molecule has 0 saturated carbocycles. The SMILES string of the molecule is CCNC(=NCC1CCN(CC)C1)NCCc1ccc(NC(=O)OC(C)(C)C)cc1. The Labute approximate surface area is 181 Å². The Morgan fingerprint density at radius 2 is 1.93 bits per heavy atom. The first-order valence-corrected chi connectivity index (χ1v) is 11.1. The van der Waals surface area contributed by atoms with E-state index in [1.54, 1.807) is 0 Å². The van der Waals surface area contributed by atoms with E-state index < -0.39 is 11.7 Å². The summed E-state index contributed by atoms with van der Waals surface area (Å²) >= 11 is 0. The lowest BCUT2D eigenvalue weighted by atomic mass is 10.1. The van der Waals surface area contributed by atoms with Gasteiger partial charge < -0.3 is 20.3 Å². The average Bonchev–Trinajstić information content (AvgIpc) is 3.14. The molecule has 0 aliphatic carbocycles. The van der Waals surface area contributed by atoms with Crippen LogP contribution in [0.2, 0.25) is 0 Å². The number of amides is 1. The van der Waals surface area contributed by atoms with Crippen molar-refractivity contribution in [1.82, 2.24) is 15.5 Å². The summed E-state index contributed by atoms with van der Waals surface area (Å²) in [5.74, 6) is 1.54. The van der Waals surface area contributed by atoms with E-state index in [9.17, 15) is 4.79 Å². The number of benzene rings is 1. The van der Waals surface area contributed by atoms with Gasteiger partial charge >= 0.3 is 6.09 Å². The molecule has 30 heavy (non-hydrogen) atoms. The van der Waals surface area contributed by atoms with Gasteiger partial charge in [0, 0.05) is 31.9 Å². The standard InChI is InChI=1S/C23H39N5O2/c1-6-24-21(26-16-19-13-15-28(7-2)17-19)25-14-12-18-8-10-20(11-9-18)27-22(29)30-23(3,4)5/h8-11,19H,6-7,12-17H2,1-5H3,(H,27,29)(H2,24,25,26). The second-order valence-corrected chi connectivity index (χ2v) is 8.77. The quantitative estimate of drug-likeness (QED) is 0.446. The Morgan fingerprint density at radius 3 is 2.53 bits per heavy atom. The number of nitrogens with one attached hydrogen (secondary N) is 3. The van der Waals surface area contributed by atoms with Crippen LogP contribution in [0.4, 0.5) is 10.5 Å². The normalized spacial score (nSPS) is 17.6. The number of guanidine groups is 1. The minimum atomic E-state index is -0.505. The van der Waals surface area contributed by atoms with Gasteiger partial charge in [-0.05, 0) is 77.2 Å². The minimum Gasteiger partial charge on any atom is -0.444 e. The van der Waals surface area contributed by atoms with E-state index in [1.807, 2.05) is 45.0 Å². The topological polar surface area (TPSA) is 78.0 Å². The predicted molar refractivity (Wildman–Crippen MR) is 124 cm³/mol. The van der Waals surface area contributed by atoms with Gasteiger partial charge in [-0.1, -0.05) is 19.1 Å². The highest BCUT2D eigenvalue weighted by molar-refractivity contribution is 5.84. The maximum absolute atomic E-state index is 11.8. The number of carbonyl (C=O) groups is 1. The van der Waals surface area contributed by atoms with Gasteiger partial charge in [0.2, 0.25) is 0 Å². The number of hydrogen-bond acceptors (Lipinski definition) is 4. The lowest BCUT2D eigenvalue weighted by Crippen LogP contribution is -2.38. The van der Waals surface area contributed by atoms with Gasteiger partial charge in [0.25, 0.3) is 0 Å². The van der Waals surface area contributed by atoms with Crippen LogP contribution in [0, 0.1) is 5.92 Å². The highest BCUT2D eigenvalue weighted by Crippen LogP contribution is 2.16. The van der Waals surface area contributed by atoms with E-state index in [1.165, 1.54) is 18.5 Å². The number of anilines is 1. The monoisotopic (exact) mass is 417 g/mol. The number of ether oxygens (including phenoxy) is 1. The Balaban J connectivity index is 1.76. The summed E-state index contributed by atoms with van der Waals surface area (Å²) in [6.45, 7) is 15.9. The van der Waals surface area contributed by atoms with E-state index in [0.717, 1.165) is 50.8 Å². The zero-order valence-electron chi connectivity index (χ0n) is 19.3.